The van der Waals surface area contributed by atoms with Crippen LogP contribution in [0.3, 0.4) is 0 Å². The number of nitrogens with one attached hydrogen (secondary N) is 2. The number of carbonyl (C=O) groups excluding carboxylic acids is 2. The average Bonchev–Trinajstić information content (AvgIpc) is 2.57. The predicted molar refractivity (Wildman–Crippen MR) is 103 cm³/mol. The first-order valence-electron chi connectivity index (χ1n) is 7.69. The summed E-state index contributed by atoms with van der Waals surface area (Å²) in [6, 6.07) is 2.62. The van der Waals surface area contributed by atoms with Crippen LogP contribution in [0.15, 0.2) is 30.9 Å². The number of halogens is 7. The molecule has 0 atom stereocenters. The number of ether oxygens (including phenoxy) is 1. The highest BCUT2D eigenvalue weighted by atomic mass is 127. The van der Waals surface area contributed by atoms with Crippen LogP contribution in [0.1, 0.15) is 10.4 Å². The van der Waals surface area contributed by atoms with Crippen molar-refractivity contribution in [2.45, 2.75) is 17.9 Å². The van der Waals surface area contributed by atoms with E-state index in [1.165, 1.54) is 28.7 Å². The molecular formula is C15H13F6IN2O6S. The molecule has 0 saturated heterocycles. The summed E-state index contributed by atoms with van der Waals surface area (Å²) in [6.45, 7) is 3.16. The molecule has 0 unspecified atom stereocenters. The zero-order valence-corrected chi connectivity index (χ0v) is 17.9. The number of rotatable bonds is 7. The largest absolute Gasteiger partial charge is 0.445 e. The normalized spacial score (nSPS) is 12.8. The van der Waals surface area contributed by atoms with Gasteiger partial charge in [-0.25, -0.2) is 4.79 Å². The highest BCUT2D eigenvalue weighted by Gasteiger charge is 2.73. The number of amides is 2. The molecule has 0 aliphatic carbocycles. The maximum atomic E-state index is 13.3. The standard InChI is InChI=1S/C15H13F6IN2O6S/c1-2-5-30-12(26)23-10-4-3-8(6-9(10)22)11(25)24-13(14(16,17)18,15(19,20)21)7-31(27,28)29/h2-4,6H,1,5,7H2,(H,23,26)(H,24,25)(H,27,28,29). The number of benzene rings is 1. The third-order valence-electron chi connectivity index (χ3n) is 3.49. The number of alkyl halides is 6. The Hall–Kier alpha value is -2.08. The first kappa shape index (κ1) is 27.0. The van der Waals surface area contributed by atoms with E-state index in [0.717, 1.165) is 18.2 Å². The monoisotopic (exact) mass is 590 g/mol. The molecule has 1 aromatic carbocycles. The van der Waals surface area contributed by atoms with E-state index in [4.69, 9.17) is 4.55 Å². The second kappa shape index (κ2) is 9.60. The molecule has 0 radical (unpaired) electrons. The van der Waals surface area contributed by atoms with E-state index in [-0.39, 0.29) is 15.9 Å². The van der Waals surface area contributed by atoms with Gasteiger partial charge >= 0.3 is 18.4 Å². The van der Waals surface area contributed by atoms with Crippen LogP contribution in [0, 0.1) is 3.57 Å². The summed E-state index contributed by atoms with van der Waals surface area (Å²) in [5.41, 5.74) is -5.98. The minimum absolute atomic E-state index is 0.0158. The van der Waals surface area contributed by atoms with Crippen LogP contribution in [0.25, 0.3) is 0 Å². The molecule has 3 N–H and O–H groups in total. The molecule has 16 heteroatoms. The van der Waals surface area contributed by atoms with Gasteiger partial charge < -0.3 is 10.1 Å². The summed E-state index contributed by atoms with van der Waals surface area (Å²) in [5.74, 6) is -4.82. The lowest BCUT2D eigenvalue weighted by Crippen LogP contribution is -2.70. The lowest BCUT2D eigenvalue weighted by Gasteiger charge is -2.36. The van der Waals surface area contributed by atoms with Gasteiger partial charge in [-0.05, 0) is 40.8 Å². The van der Waals surface area contributed by atoms with Crippen LogP contribution in [0.2, 0.25) is 0 Å². The minimum atomic E-state index is -6.33. The Balaban J connectivity index is 3.29. The van der Waals surface area contributed by atoms with Gasteiger partial charge in [0.25, 0.3) is 16.0 Å². The van der Waals surface area contributed by atoms with Gasteiger partial charge in [-0.3, -0.25) is 14.7 Å². The summed E-state index contributed by atoms with van der Waals surface area (Å²) in [5, 5.41) is 2.86. The fraction of sp³-hybridized carbons (Fsp3) is 0.333. The number of anilines is 1. The molecule has 31 heavy (non-hydrogen) atoms. The Morgan fingerprint density at radius 3 is 2.13 bits per heavy atom. The van der Waals surface area contributed by atoms with E-state index in [1.807, 2.05) is 0 Å². The van der Waals surface area contributed by atoms with E-state index < -0.39 is 51.3 Å². The summed E-state index contributed by atoms with van der Waals surface area (Å²) in [7, 11) is -5.84. The third kappa shape index (κ3) is 6.96. The molecule has 174 valence electrons. The maximum Gasteiger partial charge on any atom is 0.421 e. The van der Waals surface area contributed by atoms with Crippen LogP contribution in [-0.2, 0) is 14.9 Å². The van der Waals surface area contributed by atoms with E-state index in [1.54, 1.807) is 0 Å². The van der Waals surface area contributed by atoms with Gasteiger partial charge in [-0.15, -0.1) is 0 Å². The smallest absolute Gasteiger partial charge is 0.421 e. The van der Waals surface area contributed by atoms with Gasteiger partial charge in [0.1, 0.15) is 12.4 Å². The van der Waals surface area contributed by atoms with Crippen LogP contribution < -0.4 is 10.6 Å². The number of carbonyl (C=O) groups is 2. The highest BCUT2D eigenvalue weighted by molar-refractivity contribution is 14.1. The van der Waals surface area contributed by atoms with Crippen molar-refractivity contribution >= 4 is 50.4 Å². The van der Waals surface area contributed by atoms with Crippen molar-refractivity contribution in [3.8, 4) is 0 Å². The second-order valence-electron chi connectivity index (χ2n) is 5.79. The topological polar surface area (TPSA) is 122 Å². The van der Waals surface area contributed by atoms with E-state index in [2.05, 4.69) is 16.6 Å². The fourth-order valence-corrected chi connectivity index (χ4v) is 3.68. The van der Waals surface area contributed by atoms with Crippen LogP contribution in [0.4, 0.5) is 36.8 Å². The predicted octanol–water partition coefficient (Wildman–Crippen LogP) is 3.51. The molecule has 2 amide bonds. The second-order valence-corrected chi connectivity index (χ2v) is 8.40. The van der Waals surface area contributed by atoms with Crippen LogP contribution in [0.5, 0.6) is 0 Å². The van der Waals surface area contributed by atoms with Crippen molar-refractivity contribution < 1.29 is 53.6 Å². The molecular weight excluding hydrogens is 577 g/mol. The van der Waals surface area contributed by atoms with E-state index >= 15 is 0 Å². The first-order valence-corrected chi connectivity index (χ1v) is 10.4. The Labute approximate surface area is 184 Å². The zero-order valence-electron chi connectivity index (χ0n) is 15.0. The van der Waals surface area contributed by atoms with Crippen molar-refractivity contribution in [2.75, 3.05) is 17.7 Å². The Morgan fingerprint density at radius 1 is 1.16 bits per heavy atom. The Bertz CT molecular complexity index is 950. The first-order chi connectivity index (χ1) is 13.9. The average molecular weight is 590 g/mol. The molecule has 0 heterocycles. The van der Waals surface area contributed by atoms with Crippen molar-refractivity contribution in [3.63, 3.8) is 0 Å². The van der Waals surface area contributed by atoms with Crippen LogP contribution in [-0.4, -0.2) is 55.2 Å². The van der Waals surface area contributed by atoms with Gasteiger partial charge in [0, 0.05) is 9.13 Å². The highest BCUT2D eigenvalue weighted by Crippen LogP contribution is 2.44. The number of hydrogen-bond acceptors (Lipinski definition) is 5. The fourth-order valence-electron chi connectivity index (χ4n) is 2.08. The molecule has 1 aromatic rings. The maximum absolute atomic E-state index is 13.3. The molecule has 0 fully saturated rings. The Morgan fingerprint density at radius 2 is 1.71 bits per heavy atom. The van der Waals surface area contributed by atoms with E-state index in [0.29, 0.717) is 5.32 Å². The quantitative estimate of drug-likeness (QED) is 0.194. The SMILES string of the molecule is C=CCOC(=O)Nc1ccc(C(=O)NC(CS(=O)(=O)O)(C(F)(F)F)C(F)(F)F)cc1I. The summed E-state index contributed by atoms with van der Waals surface area (Å²) >= 11 is 1.53. The summed E-state index contributed by atoms with van der Waals surface area (Å²) in [6.07, 6.45) is -12.4. The molecule has 0 saturated carbocycles. The molecule has 1 rings (SSSR count). The van der Waals surface area contributed by atoms with Crippen molar-refractivity contribution in [1.82, 2.24) is 5.32 Å². The summed E-state index contributed by atoms with van der Waals surface area (Å²) in [4.78, 5) is 23.6. The molecule has 8 nitrogen and oxygen atoms in total. The van der Waals surface area contributed by atoms with Gasteiger partial charge in [0.05, 0.1) is 5.69 Å². The van der Waals surface area contributed by atoms with E-state index in [9.17, 15) is 44.3 Å². The van der Waals surface area contributed by atoms with Gasteiger partial charge in [0.2, 0.25) is 5.54 Å². The minimum Gasteiger partial charge on any atom is -0.445 e. The Kier molecular flexibility index (Phi) is 8.34. The third-order valence-corrected chi connectivity index (χ3v) is 5.18. The van der Waals surface area contributed by atoms with Crippen LogP contribution >= 0.6 is 22.6 Å². The van der Waals surface area contributed by atoms with Crippen molar-refractivity contribution in [1.29, 1.82) is 0 Å². The summed E-state index contributed by atoms with van der Waals surface area (Å²) < 4.78 is 115. The lowest BCUT2D eigenvalue weighted by molar-refractivity contribution is -0.296. The number of hydrogen-bond donors (Lipinski definition) is 3. The molecule has 0 aliphatic heterocycles. The van der Waals surface area contributed by atoms with Gasteiger partial charge in [0.15, 0.2) is 0 Å². The zero-order chi connectivity index (χ0) is 24.3. The van der Waals surface area contributed by atoms with Crippen molar-refractivity contribution in [2.24, 2.45) is 0 Å². The lowest BCUT2D eigenvalue weighted by atomic mass is 9.99. The molecule has 0 aromatic heterocycles. The molecule has 0 aliphatic rings. The van der Waals surface area contributed by atoms with Crippen molar-refractivity contribution in [3.05, 3.63) is 40.0 Å². The molecule has 0 spiro atoms. The van der Waals surface area contributed by atoms with Gasteiger partial charge in [-0.1, -0.05) is 12.7 Å². The van der Waals surface area contributed by atoms with Gasteiger partial charge in [-0.2, -0.15) is 34.8 Å². The molecule has 0 bridgehead atoms.